The number of carbonyl (C=O) groups is 1. The summed E-state index contributed by atoms with van der Waals surface area (Å²) in [5.41, 5.74) is 3.92. The standard InChI is InChI=1S/C15H15N3O/c1-10-7-14(17-15(10)19)13-6-4-3-5-12(13)11-8-16-18(2)9-11/h3-6,8-9,14H,1,7H2,2H3,(H,17,19). The molecule has 4 nitrogen and oxygen atoms in total. The van der Waals surface area contributed by atoms with Gasteiger partial charge in [0.15, 0.2) is 0 Å². The Bertz CT molecular complexity index is 641. The van der Waals surface area contributed by atoms with Crippen molar-refractivity contribution >= 4 is 5.91 Å². The molecule has 19 heavy (non-hydrogen) atoms. The SMILES string of the molecule is C=C1CC(c2ccccc2-c2cnn(C)c2)NC1=O. The lowest BCUT2D eigenvalue weighted by Crippen LogP contribution is -2.19. The summed E-state index contributed by atoms with van der Waals surface area (Å²) in [6.07, 6.45) is 4.48. The van der Waals surface area contributed by atoms with E-state index >= 15 is 0 Å². The zero-order valence-electron chi connectivity index (χ0n) is 10.8. The van der Waals surface area contributed by atoms with E-state index in [0.717, 1.165) is 16.7 Å². The summed E-state index contributed by atoms with van der Waals surface area (Å²) in [5, 5.41) is 7.17. The van der Waals surface area contributed by atoms with Crippen molar-refractivity contribution in [1.82, 2.24) is 15.1 Å². The molecule has 1 aromatic carbocycles. The Morgan fingerprint density at radius 3 is 2.84 bits per heavy atom. The van der Waals surface area contributed by atoms with Crippen LogP contribution in [0, 0.1) is 0 Å². The van der Waals surface area contributed by atoms with Gasteiger partial charge in [0.25, 0.3) is 0 Å². The van der Waals surface area contributed by atoms with Gasteiger partial charge in [-0.25, -0.2) is 0 Å². The summed E-state index contributed by atoms with van der Waals surface area (Å²) >= 11 is 0. The molecule has 2 heterocycles. The van der Waals surface area contributed by atoms with Gasteiger partial charge in [-0.1, -0.05) is 30.8 Å². The van der Waals surface area contributed by atoms with Gasteiger partial charge in [0.1, 0.15) is 0 Å². The Labute approximate surface area is 111 Å². The van der Waals surface area contributed by atoms with Crippen molar-refractivity contribution in [3.8, 4) is 11.1 Å². The Hall–Kier alpha value is -2.36. The van der Waals surface area contributed by atoms with E-state index < -0.39 is 0 Å². The minimum Gasteiger partial charge on any atom is -0.345 e. The summed E-state index contributed by atoms with van der Waals surface area (Å²) in [6.45, 7) is 3.79. The highest BCUT2D eigenvalue weighted by Gasteiger charge is 2.27. The normalized spacial score (nSPS) is 18.7. The largest absolute Gasteiger partial charge is 0.345 e. The van der Waals surface area contributed by atoms with Gasteiger partial charge < -0.3 is 5.32 Å². The van der Waals surface area contributed by atoms with E-state index in [0.29, 0.717) is 12.0 Å². The highest BCUT2D eigenvalue weighted by molar-refractivity contribution is 5.95. The van der Waals surface area contributed by atoms with Crippen molar-refractivity contribution in [2.45, 2.75) is 12.5 Å². The van der Waals surface area contributed by atoms with Crippen molar-refractivity contribution in [2.24, 2.45) is 7.05 Å². The molecule has 0 saturated carbocycles. The number of nitrogens with one attached hydrogen (secondary N) is 1. The molecule has 1 unspecified atom stereocenters. The van der Waals surface area contributed by atoms with E-state index in [1.165, 1.54) is 0 Å². The van der Waals surface area contributed by atoms with Crippen LogP contribution in [0.25, 0.3) is 11.1 Å². The lowest BCUT2D eigenvalue weighted by molar-refractivity contribution is -0.116. The van der Waals surface area contributed by atoms with Gasteiger partial charge in [-0.15, -0.1) is 0 Å². The van der Waals surface area contributed by atoms with Gasteiger partial charge in [0.05, 0.1) is 12.2 Å². The number of amides is 1. The minimum atomic E-state index is -0.0500. The zero-order chi connectivity index (χ0) is 13.4. The molecule has 1 aromatic heterocycles. The van der Waals surface area contributed by atoms with Gasteiger partial charge in [-0.05, 0) is 11.1 Å². The van der Waals surface area contributed by atoms with Crippen molar-refractivity contribution in [2.75, 3.05) is 0 Å². The summed E-state index contributed by atoms with van der Waals surface area (Å²) in [7, 11) is 1.89. The molecule has 2 aromatic rings. The molecule has 1 aliphatic rings. The maximum Gasteiger partial charge on any atom is 0.247 e. The topological polar surface area (TPSA) is 46.9 Å². The van der Waals surface area contributed by atoms with E-state index in [2.05, 4.69) is 23.1 Å². The van der Waals surface area contributed by atoms with Gasteiger partial charge >= 0.3 is 0 Å². The third kappa shape index (κ3) is 2.05. The Morgan fingerprint density at radius 2 is 2.21 bits per heavy atom. The number of hydrogen-bond donors (Lipinski definition) is 1. The van der Waals surface area contributed by atoms with E-state index in [1.54, 1.807) is 4.68 Å². The highest BCUT2D eigenvalue weighted by Crippen LogP contribution is 2.33. The molecule has 96 valence electrons. The molecule has 3 rings (SSSR count). The van der Waals surface area contributed by atoms with Crippen molar-refractivity contribution in [1.29, 1.82) is 0 Å². The number of hydrogen-bond acceptors (Lipinski definition) is 2. The van der Waals surface area contributed by atoms with Crippen LogP contribution in [0.2, 0.25) is 0 Å². The second-order valence-electron chi connectivity index (χ2n) is 4.82. The maximum absolute atomic E-state index is 11.6. The molecule has 1 fully saturated rings. The fourth-order valence-corrected chi connectivity index (χ4v) is 2.46. The monoisotopic (exact) mass is 253 g/mol. The van der Waals surface area contributed by atoms with Crippen LogP contribution in [-0.4, -0.2) is 15.7 Å². The number of aryl methyl sites for hydroxylation is 1. The average molecular weight is 253 g/mol. The van der Waals surface area contributed by atoms with Crippen LogP contribution < -0.4 is 5.32 Å². The first-order valence-electron chi connectivity index (χ1n) is 6.22. The van der Waals surface area contributed by atoms with Gasteiger partial charge in [-0.2, -0.15) is 5.10 Å². The third-order valence-electron chi connectivity index (χ3n) is 3.43. The van der Waals surface area contributed by atoms with Gasteiger partial charge in [0, 0.05) is 30.8 Å². The summed E-state index contributed by atoms with van der Waals surface area (Å²) in [5.74, 6) is -0.0500. The van der Waals surface area contributed by atoms with Crippen molar-refractivity contribution in [3.63, 3.8) is 0 Å². The van der Waals surface area contributed by atoms with Crippen LogP contribution >= 0.6 is 0 Å². The third-order valence-corrected chi connectivity index (χ3v) is 3.43. The molecule has 0 bridgehead atoms. The smallest absolute Gasteiger partial charge is 0.247 e. The highest BCUT2D eigenvalue weighted by atomic mass is 16.2. The van der Waals surface area contributed by atoms with E-state index in [-0.39, 0.29) is 11.9 Å². The second kappa shape index (κ2) is 4.39. The summed E-state index contributed by atoms with van der Waals surface area (Å²) in [6, 6.07) is 8.10. The summed E-state index contributed by atoms with van der Waals surface area (Å²) < 4.78 is 1.78. The van der Waals surface area contributed by atoms with E-state index in [4.69, 9.17) is 0 Å². The second-order valence-corrected chi connectivity index (χ2v) is 4.82. The van der Waals surface area contributed by atoms with Crippen LogP contribution in [0.4, 0.5) is 0 Å². The fourth-order valence-electron chi connectivity index (χ4n) is 2.46. The van der Waals surface area contributed by atoms with E-state index in [9.17, 15) is 4.79 Å². The van der Waals surface area contributed by atoms with E-state index in [1.807, 2.05) is 37.6 Å². The first-order valence-corrected chi connectivity index (χ1v) is 6.22. The first-order chi connectivity index (χ1) is 9.15. The molecule has 1 saturated heterocycles. The van der Waals surface area contributed by atoms with Crippen molar-refractivity contribution in [3.05, 3.63) is 54.4 Å². The average Bonchev–Trinajstić information content (AvgIpc) is 2.97. The lowest BCUT2D eigenvalue weighted by atomic mass is 9.95. The molecule has 1 N–H and O–H groups in total. The Balaban J connectivity index is 2.03. The number of carbonyl (C=O) groups excluding carboxylic acids is 1. The van der Waals surface area contributed by atoms with Crippen LogP contribution in [0.1, 0.15) is 18.0 Å². The molecule has 1 amide bonds. The maximum atomic E-state index is 11.6. The van der Waals surface area contributed by atoms with Gasteiger partial charge in [-0.3, -0.25) is 9.48 Å². The Morgan fingerprint density at radius 1 is 1.42 bits per heavy atom. The molecule has 1 atom stereocenters. The number of nitrogens with zero attached hydrogens (tertiary/aromatic N) is 2. The Kier molecular flexibility index (Phi) is 2.71. The number of benzene rings is 1. The molecular weight excluding hydrogens is 238 g/mol. The van der Waals surface area contributed by atoms with Crippen LogP contribution in [0.5, 0.6) is 0 Å². The summed E-state index contributed by atoms with van der Waals surface area (Å²) in [4.78, 5) is 11.6. The molecule has 0 spiro atoms. The lowest BCUT2D eigenvalue weighted by Gasteiger charge is -2.14. The molecule has 1 aliphatic heterocycles. The molecule has 4 heteroatoms. The predicted octanol–water partition coefficient (Wildman–Crippen LogP) is 2.20. The minimum absolute atomic E-state index is 0.0106. The van der Waals surface area contributed by atoms with Crippen LogP contribution in [-0.2, 0) is 11.8 Å². The van der Waals surface area contributed by atoms with Crippen LogP contribution in [0.3, 0.4) is 0 Å². The predicted molar refractivity (Wildman–Crippen MR) is 73.3 cm³/mol. The van der Waals surface area contributed by atoms with Crippen LogP contribution in [0.15, 0.2) is 48.8 Å². The fraction of sp³-hybridized carbons (Fsp3) is 0.200. The molecule has 0 aliphatic carbocycles. The number of rotatable bonds is 2. The first kappa shape index (κ1) is 11.7. The zero-order valence-corrected chi connectivity index (χ0v) is 10.8. The molecule has 0 radical (unpaired) electrons. The quantitative estimate of drug-likeness (QED) is 0.834. The molecular formula is C15H15N3O. The van der Waals surface area contributed by atoms with Gasteiger partial charge in [0.2, 0.25) is 5.91 Å². The van der Waals surface area contributed by atoms with Crippen molar-refractivity contribution < 1.29 is 4.79 Å². The number of aromatic nitrogens is 2.